The van der Waals surface area contributed by atoms with E-state index in [0.29, 0.717) is 17.0 Å². The van der Waals surface area contributed by atoms with Gasteiger partial charge in [-0.05, 0) is 55.1 Å². The predicted octanol–water partition coefficient (Wildman–Crippen LogP) is 3.37. The van der Waals surface area contributed by atoms with Crippen molar-refractivity contribution in [2.24, 2.45) is 0 Å². The van der Waals surface area contributed by atoms with Crippen molar-refractivity contribution in [2.45, 2.75) is 23.6 Å². The lowest BCUT2D eigenvalue weighted by molar-refractivity contribution is -0.116. The minimum atomic E-state index is -3.79. The van der Waals surface area contributed by atoms with Crippen molar-refractivity contribution in [3.8, 4) is 5.75 Å². The van der Waals surface area contributed by atoms with Crippen LogP contribution in [-0.4, -0.2) is 45.1 Å². The van der Waals surface area contributed by atoms with Gasteiger partial charge < -0.3 is 10.1 Å². The average molecular weight is 409 g/mol. The Morgan fingerprint density at radius 1 is 1.22 bits per heavy atom. The number of carbonyl (C=O) groups is 1. The molecule has 146 valence electrons. The number of thioether (sulfide) groups is 1. The van der Waals surface area contributed by atoms with Crippen LogP contribution in [0.4, 0.5) is 5.69 Å². The van der Waals surface area contributed by atoms with Gasteiger partial charge in [-0.15, -0.1) is 11.8 Å². The second-order valence-corrected chi connectivity index (χ2v) is 8.66. The molecule has 0 bridgehead atoms. The molecule has 0 aliphatic rings. The molecule has 6 nitrogen and oxygen atoms in total. The molecule has 0 saturated heterocycles. The van der Waals surface area contributed by atoms with Crippen molar-refractivity contribution < 1.29 is 17.9 Å². The lowest BCUT2D eigenvalue weighted by atomic mass is 10.2. The molecular weight excluding hydrogens is 384 g/mol. The van der Waals surface area contributed by atoms with Crippen molar-refractivity contribution in [1.82, 2.24) is 4.31 Å². The minimum absolute atomic E-state index is 0.139. The van der Waals surface area contributed by atoms with E-state index in [2.05, 4.69) is 5.32 Å². The Hall–Kier alpha value is -2.03. The summed E-state index contributed by atoms with van der Waals surface area (Å²) in [5.41, 5.74) is 1.36. The van der Waals surface area contributed by atoms with Crippen LogP contribution in [0.1, 0.15) is 12.5 Å². The number of nitrogens with one attached hydrogen (secondary N) is 1. The molecule has 0 unspecified atom stereocenters. The van der Waals surface area contributed by atoms with E-state index in [4.69, 9.17) is 4.74 Å². The quantitative estimate of drug-likeness (QED) is 0.678. The van der Waals surface area contributed by atoms with Crippen LogP contribution in [0.5, 0.6) is 5.75 Å². The first-order valence-electron chi connectivity index (χ1n) is 8.40. The Kier molecular flexibility index (Phi) is 7.29. The van der Waals surface area contributed by atoms with Crippen LogP contribution in [-0.2, 0) is 14.8 Å². The van der Waals surface area contributed by atoms with Crippen molar-refractivity contribution >= 4 is 33.4 Å². The monoisotopic (exact) mass is 408 g/mol. The number of likely N-dealkylation sites (N-methyl/N-ethyl adjacent to an activating group) is 1. The van der Waals surface area contributed by atoms with Crippen LogP contribution in [0.25, 0.3) is 0 Å². The van der Waals surface area contributed by atoms with Crippen LogP contribution in [0, 0.1) is 6.92 Å². The number of sulfonamides is 1. The molecule has 8 heteroatoms. The number of rotatable bonds is 8. The summed E-state index contributed by atoms with van der Waals surface area (Å²) >= 11 is 1.57. The molecule has 0 atom stereocenters. The number of carbonyl (C=O) groups excluding carboxylic acids is 1. The number of amides is 1. The molecule has 0 fully saturated rings. The second kappa shape index (κ2) is 9.25. The van der Waals surface area contributed by atoms with E-state index >= 15 is 0 Å². The first kappa shape index (κ1) is 21.3. The van der Waals surface area contributed by atoms with Gasteiger partial charge in [0.2, 0.25) is 15.9 Å². The van der Waals surface area contributed by atoms with Gasteiger partial charge in [-0.2, -0.15) is 4.31 Å². The Morgan fingerprint density at radius 3 is 2.56 bits per heavy atom. The second-order valence-electron chi connectivity index (χ2n) is 5.84. The van der Waals surface area contributed by atoms with Gasteiger partial charge in [0.25, 0.3) is 0 Å². The summed E-state index contributed by atoms with van der Waals surface area (Å²) in [6.07, 6.45) is 1.95. The highest BCUT2D eigenvalue weighted by molar-refractivity contribution is 7.98. The molecule has 2 aromatic rings. The van der Waals surface area contributed by atoms with E-state index < -0.39 is 10.0 Å². The number of aryl methyl sites for hydroxylation is 1. The lowest BCUT2D eigenvalue weighted by Crippen LogP contribution is -2.37. The van der Waals surface area contributed by atoms with Gasteiger partial charge in [-0.1, -0.05) is 13.0 Å². The Bertz CT molecular complexity index is 914. The Balaban J connectivity index is 2.17. The molecule has 2 rings (SSSR count). The summed E-state index contributed by atoms with van der Waals surface area (Å²) in [6, 6.07) is 12.1. The molecule has 0 aliphatic heterocycles. The molecular formula is C19H24N2O4S2. The highest BCUT2D eigenvalue weighted by Crippen LogP contribution is 2.24. The molecule has 1 N–H and O–H groups in total. The zero-order valence-corrected chi connectivity index (χ0v) is 17.5. The largest absolute Gasteiger partial charge is 0.496 e. The van der Waals surface area contributed by atoms with Crippen molar-refractivity contribution in [3.63, 3.8) is 0 Å². The van der Waals surface area contributed by atoms with Gasteiger partial charge in [0.05, 0.1) is 18.6 Å². The summed E-state index contributed by atoms with van der Waals surface area (Å²) in [5, 5.41) is 2.76. The van der Waals surface area contributed by atoms with E-state index in [1.165, 1.54) is 13.2 Å². The van der Waals surface area contributed by atoms with Crippen LogP contribution in [0.15, 0.2) is 52.3 Å². The van der Waals surface area contributed by atoms with Gasteiger partial charge in [-0.3, -0.25) is 4.79 Å². The molecule has 0 aromatic heterocycles. The van der Waals surface area contributed by atoms with Crippen molar-refractivity contribution in [1.29, 1.82) is 0 Å². The Morgan fingerprint density at radius 2 is 1.96 bits per heavy atom. The van der Waals surface area contributed by atoms with Crippen LogP contribution >= 0.6 is 11.8 Å². The third-order valence-corrected chi connectivity index (χ3v) is 6.67. The fraction of sp³-hybridized carbons (Fsp3) is 0.316. The van der Waals surface area contributed by atoms with Gasteiger partial charge in [0, 0.05) is 17.1 Å². The van der Waals surface area contributed by atoms with E-state index in [1.807, 2.05) is 24.5 Å². The van der Waals surface area contributed by atoms with E-state index in [0.717, 1.165) is 9.20 Å². The SMILES string of the molecule is CCN(CC(=O)Nc1cccc(SC)c1)S(=O)(=O)c1ccc(OC)c(C)c1. The van der Waals surface area contributed by atoms with E-state index in [9.17, 15) is 13.2 Å². The Labute approximate surface area is 165 Å². The molecule has 0 heterocycles. The first-order chi connectivity index (χ1) is 12.8. The summed E-state index contributed by atoms with van der Waals surface area (Å²) in [6.45, 7) is 3.41. The van der Waals surface area contributed by atoms with Crippen LogP contribution in [0.2, 0.25) is 0 Å². The standard InChI is InChI=1S/C19H24N2O4S2/c1-5-21(13-19(22)20-15-7-6-8-16(12-15)26-4)27(23,24)17-9-10-18(25-3)14(2)11-17/h6-12H,5,13H2,1-4H3,(H,20,22). The normalized spacial score (nSPS) is 11.4. The zero-order valence-electron chi connectivity index (χ0n) is 15.9. The predicted molar refractivity (Wildman–Crippen MR) is 109 cm³/mol. The summed E-state index contributed by atoms with van der Waals surface area (Å²) in [5.74, 6) is 0.229. The minimum Gasteiger partial charge on any atom is -0.496 e. The molecule has 27 heavy (non-hydrogen) atoms. The van der Waals surface area contributed by atoms with Gasteiger partial charge >= 0.3 is 0 Å². The summed E-state index contributed by atoms with van der Waals surface area (Å²) < 4.78 is 32.1. The van der Waals surface area contributed by atoms with Crippen LogP contribution < -0.4 is 10.1 Å². The third kappa shape index (κ3) is 5.24. The van der Waals surface area contributed by atoms with E-state index in [-0.39, 0.29) is 23.9 Å². The maximum atomic E-state index is 12.9. The molecule has 0 aliphatic carbocycles. The van der Waals surface area contributed by atoms with E-state index in [1.54, 1.807) is 43.8 Å². The number of methoxy groups -OCH3 is 1. The smallest absolute Gasteiger partial charge is 0.243 e. The molecule has 1 amide bonds. The fourth-order valence-corrected chi connectivity index (χ4v) is 4.54. The first-order valence-corrected chi connectivity index (χ1v) is 11.1. The molecule has 0 saturated carbocycles. The number of ether oxygens (including phenoxy) is 1. The maximum Gasteiger partial charge on any atom is 0.243 e. The lowest BCUT2D eigenvalue weighted by Gasteiger charge is -2.20. The summed E-state index contributed by atoms with van der Waals surface area (Å²) in [7, 11) is -2.25. The van der Waals surface area contributed by atoms with Crippen LogP contribution in [0.3, 0.4) is 0 Å². The van der Waals surface area contributed by atoms with Crippen molar-refractivity contribution in [3.05, 3.63) is 48.0 Å². The van der Waals surface area contributed by atoms with Gasteiger partial charge in [-0.25, -0.2) is 8.42 Å². The fourth-order valence-electron chi connectivity index (χ4n) is 2.59. The molecule has 0 spiro atoms. The van der Waals surface area contributed by atoms with Gasteiger partial charge in [0.1, 0.15) is 5.75 Å². The van der Waals surface area contributed by atoms with Gasteiger partial charge in [0.15, 0.2) is 0 Å². The zero-order chi connectivity index (χ0) is 20.0. The number of hydrogen-bond acceptors (Lipinski definition) is 5. The average Bonchev–Trinajstić information content (AvgIpc) is 2.65. The third-order valence-electron chi connectivity index (χ3n) is 4.03. The molecule has 2 aromatic carbocycles. The number of hydrogen-bond donors (Lipinski definition) is 1. The van der Waals surface area contributed by atoms with Crippen molar-refractivity contribution in [2.75, 3.05) is 31.8 Å². The topological polar surface area (TPSA) is 75.7 Å². The highest BCUT2D eigenvalue weighted by Gasteiger charge is 2.26. The number of benzene rings is 2. The maximum absolute atomic E-state index is 12.9. The highest BCUT2D eigenvalue weighted by atomic mass is 32.2. The number of nitrogens with zero attached hydrogens (tertiary/aromatic N) is 1. The number of anilines is 1. The summed E-state index contributed by atoms with van der Waals surface area (Å²) in [4.78, 5) is 13.5. The molecule has 0 radical (unpaired) electrons.